The normalized spacial score (nSPS) is 21.0. The van der Waals surface area contributed by atoms with E-state index in [1.807, 2.05) is 18.2 Å². The molecule has 0 N–H and O–H groups in total. The fourth-order valence-electron chi connectivity index (χ4n) is 5.73. The number of halogens is 1. The van der Waals surface area contributed by atoms with Crippen LogP contribution in [0.3, 0.4) is 0 Å². The molecule has 3 aromatic carbocycles. The van der Waals surface area contributed by atoms with Gasteiger partial charge in [0.1, 0.15) is 23.4 Å². The molecule has 0 amide bonds. The Bertz CT molecular complexity index is 1130. The van der Waals surface area contributed by atoms with Crippen LogP contribution in [0.2, 0.25) is 0 Å². The molecule has 0 saturated carbocycles. The highest BCUT2D eigenvalue weighted by atomic mass is 19.1. The summed E-state index contributed by atoms with van der Waals surface area (Å²) in [5.74, 6) is 1.60. The first kappa shape index (κ1) is 23.7. The summed E-state index contributed by atoms with van der Waals surface area (Å²) in [6, 6.07) is 22.4. The third-order valence-corrected chi connectivity index (χ3v) is 7.66. The lowest BCUT2D eigenvalue weighted by Crippen LogP contribution is -2.38. The van der Waals surface area contributed by atoms with Crippen molar-refractivity contribution in [1.29, 1.82) is 0 Å². The van der Waals surface area contributed by atoms with Crippen LogP contribution in [-0.2, 0) is 12.8 Å². The van der Waals surface area contributed by atoms with Gasteiger partial charge in [0, 0.05) is 18.3 Å². The molecule has 0 radical (unpaired) electrons. The van der Waals surface area contributed by atoms with Crippen LogP contribution in [0.25, 0.3) is 0 Å². The second-order valence-corrected chi connectivity index (χ2v) is 9.86. The van der Waals surface area contributed by atoms with Crippen LogP contribution < -0.4 is 14.4 Å². The van der Waals surface area contributed by atoms with Crippen LogP contribution in [0.1, 0.15) is 42.5 Å². The van der Waals surface area contributed by atoms with E-state index in [9.17, 15) is 4.39 Å². The van der Waals surface area contributed by atoms with Crippen molar-refractivity contribution in [3.63, 3.8) is 0 Å². The molecule has 0 bridgehead atoms. The zero-order valence-electron chi connectivity index (χ0n) is 20.9. The molecule has 1 saturated heterocycles. The third-order valence-electron chi connectivity index (χ3n) is 7.66. The van der Waals surface area contributed by atoms with E-state index < -0.39 is 0 Å². The summed E-state index contributed by atoms with van der Waals surface area (Å²) in [7, 11) is 3.90. The summed E-state index contributed by atoms with van der Waals surface area (Å²) in [5.41, 5.74) is 4.93. The Morgan fingerprint density at radius 2 is 1.71 bits per heavy atom. The number of anilines is 1. The fourth-order valence-corrected chi connectivity index (χ4v) is 5.73. The molecule has 35 heavy (non-hydrogen) atoms. The Morgan fingerprint density at radius 1 is 0.971 bits per heavy atom. The van der Waals surface area contributed by atoms with E-state index in [0.717, 1.165) is 43.1 Å². The standard InChI is InChI=1S/C30H35FN2O2/c1-21(29-5-4-17-32(29)2)35-26-12-6-22(7-13-26)19-30-28-15-14-27(34-3)20-23(28)16-18-33(30)25-10-8-24(31)9-11-25/h6-15,20-21,29-30H,4-5,16-19H2,1-3H3. The molecule has 2 aliphatic heterocycles. The molecule has 184 valence electrons. The number of methoxy groups -OCH3 is 1. The Labute approximate surface area is 208 Å². The number of hydrogen-bond acceptors (Lipinski definition) is 4. The van der Waals surface area contributed by atoms with Gasteiger partial charge in [-0.25, -0.2) is 4.39 Å². The maximum Gasteiger partial charge on any atom is 0.123 e. The number of benzene rings is 3. The Hall–Kier alpha value is -3.05. The molecular weight excluding hydrogens is 439 g/mol. The first-order chi connectivity index (χ1) is 17.0. The summed E-state index contributed by atoms with van der Waals surface area (Å²) in [6.07, 6.45) is 4.40. The van der Waals surface area contributed by atoms with Crippen LogP contribution in [-0.4, -0.2) is 44.3 Å². The van der Waals surface area contributed by atoms with Gasteiger partial charge in [-0.1, -0.05) is 18.2 Å². The first-order valence-corrected chi connectivity index (χ1v) is 12.7. The van der Waals surface area contributed by atoms with E-state index in [1.54, 1.807) is 19.2 Å². The zero-order chi connectivity index (χ0) is 24.4. The summed E-state index contributed by atoms with van der Waals surface area (Å²) in [5, 5.41) is 0. The number of likely N-dealkylation sites (N-methyl/N-ethyl adjacent to an activating group) is 1. The quantitative estimate of drug-likeness (QED) is 0.417. The lowest BCUT2D eigenvalue weighted by atomic mass is 9.88. The Kier molecular flexibility index (Phi) is 6.96. The molecule has 4 nitrogen and oxygen atoms in total. The van der Waals surface area contributed by atoms with Gasteiger partial charge in [0.2, 0.25) is 0 Å². The highest BCUT2D eigenvalue weighted by Crippen LogP contribution is 2.38. The average Bonchev–Trinajstić information content (AvgIpc) is 3.31. The maximum atomic E-state index is 13.6. The summed E-state index contributed by atoms with van der Waals surface area (Å²) in [4.78, 5) is 4.80. The molecule has 2 aliphatic rings. The highest BCUT2D eigenvalue weighted by Gasteiger charge is 2.29. The minimum absolute atomic E-state index is 0.160. The number of hydrogen-bond donors (Lipinski definition) is 0. The molecular formula is C30H35FN2O2. The van der Waals surface area contributed by atoms with Gasteiger partial charge in [-0.2, -0.15) is 0 Å². The lowest BCUT2D eigenvalue weighted by Gasteiger charge is -2.39. The van der Waals surface area contributed by atoms with Gasteiger partial charge in [-0.05, 0) is 111 Å². The summed E-state index contributed by atoms with van der Waals surface area (Å²) >= 11 is 0. The predicted molar refractivity (Wildman–Crippen MR) is 139 cm³/mol. The van der Waals surface area contributed by atoms with Crippen LogP contribution >= 0.6 is 0 Å². The molecule has 2 heterocycles. The van der Waals surface area contributed by atoms with E-state index in [4.69, 9.17) is 9.47 Å². The van der Waals surface area contributed by atoms with Gasteiger partial charge in [-0.15, -0.1) is 0 Å². The Balaban J connectivity index is 1.37. The highest BCUT2D eigenvalue weighted by molar-refractivity contribution is 5.54. The molecule has 5 rings (SSSR count). The summed E-state index contributed by atoms with van der Waals surface area (Å²) < 4.78 is 25.4. The zero-order valence-corrected chi connectivity index (χ0v) is 20.9. The van der Waals surface area contributed by atoms with Crippen molar-refractivity contribution in [2.45, 2.75) is 50.8 Å². The van der Waals surface area contributed by atoms with Crippen LogP contribution in [0, 0.1) is 5.82 Å². The minimum atomic E-state index is -0.207. The van der Waals surface area contributed by atoms with Crippen molar-refractivity contribution in [3.05, 3.63) is 89.2 Å². The monoisotopic (exact) mass is 474 g/mol. The maximum absolute atomic E-state index is 13.6. The molecule has 0 aliphatic carbocycles. The smallest absolute Gasteiger partial charge is 0.123 e. The van der Waals surface area contributed by atoms with Gasteiger partial charge < -0.3 is 14.4 Å². The molecule has 3 unspecified atom stereocenters. The Morgan fingerprint density at radius 3 is 2.40 bits per heavy atom. The molecule has 0 aromatic heterocycles. The van der Waals surface area contributed by atoms with Gasteiger partial charge in [0.25, 0.3) is 0 Å². The van der Waals surface area contributed by atoms with Crippen molar-refractivity contribution >= 4 is 5.69 Å². The molecule has 0 spiro atoms. The van der Waals surface area contributed by atoms with E-state index >= 15 is 0 Å². The average molecular weight is 475 g/mol. The van der Waals surface area contributed by atoms with E-state index in [-0.39, 0.29) is 18.0 Å². The van der Waals surface area contributed by atoms with Gasteiger partial charge in [0.05, 0.1) is 13.2 Å². The van der Waals surface area contributed by atoms with Crippen molar-refractivity contribution in [1.82, 2.24) is 4.90 Å². The van der Waals surface area contributed by atoms with Crippen molar-refractivity contribution in [2.75, 3.05) is 32.1 Å². The molecule has 3 atom stereocenters. The van der Waals surface area contributed by atoms with Gasteiger partial charge in [0.15, 0.2) is 0 Å². The second kappa shape index (κ2) is 10.3. The third kappa shape index (κ3) is 5.15. The van der Waals surface area contributed by atoms with Crippen molar-refractivity contribution < 1.29 is 13.9 Å². The minimum Gasteiger partial charge on any atom is -0.497 e. The van der Waals surface area contributed by atoms with Crippen molar-refractivity contribution in [3.8, 4) is 11.5 Å². The lowest BCUT2D eigenvalue weighted by molar-refractivity contribution is 0.121. The van der Waals surface area contributed by atoms with Crippen LogP contribution in [0.15, 0.2) is 66.7 Å². The molecule has 3 aromatic rings. The first-order valence-electron chi connectivity index (χ1n) is 12.7. The van der Waals surface area contributed by atoms with Gasteiger partial charge >= 0.3 is 0 Å². The van der Waals surface area contributed by atoms with Crippen LogP contribution in [0.5, 0.6) is 11.5 Å². The topological polar surface area (TPSA) is 24.9 Å². The largest absolute Gasteiger partial charge is 0.497 e. The van der Waals surface area contributed by atoms with E-state index in [2.05, 4.69) is 60.2 Å². The SMILES string of the molecule is COc1ccc2c(c1)CCN(c1ccc(F)cc1)C2Cc1ccc(OC(C)C2CCCN2C)cc1. The number of fused-ring (bicyclic) bond motifs is 1. The second-order valence-electron chi connectivity index (χ2n) is 9.86. The molecule has 1 fully saturated rings. The number of rotatable bonds is 7. The molecule has 5 heteroatoms. The number of ether oxygens (including phenoxy) is 2. The van der Waals surface area contributed by atoms with E-state index in [1.165, 1.54) is 29.5 Å². The predicted octanol–water partition coefficient (Wildman–Crippen LogP) is 6.04. The number of likely N-dealkylation sites (tertiary alicyclic amines) is 1. The number of nitrogens with zero attached hydrogens (tertiary/aromatic N) is 2. The van der Waals surface area contributed by atoms with Gasteiger partial charge in [-0.3, -0.25) is 4.90 Å². The van der Waals surface area contributed by atoms with E-state index in [0.29, 0.717) is 6.04 Å². The van der Waals surface area contributed by atoms with Crippen molar-refractivity contribution in [2.24, 2.45) is 0 Å². The summed E-state index contributed by atoms with van der Waals surface area (Å²) in [6.45, 7) is 4.20. The van der Waals surface area contributed by atoms with Crippen LogP contribution in [0.4, 0.5) is 10.1 Å². The fraction of sp³-hybridized carbons (Fsp3) is 0.400.